The molecule has 1 amide bonds. The minimum Gasteiger partial charge on any atom is -0.494 e. The average molecular weight is 367 g/mol. The number of carbonyl (C=O) groups excluding carboxylic acids is 1. The van der Waals surface area contributed by atoms with Crippen LogP contribution in [-0.2, 0) is 11.3 Å². The van der Waals surface area contributed by atoms with Gasteiger partial charge in [-0.05, 0) is 72.7 Å². The lowest BCUT2D eigenvalue weighted by atomic mass is 10.1. The van der Waals surface area contributed by atoms with Gasteiger partial charge < -0.3 is 15.0 Å². The number of unbranched alkanes of at least 4 members (excludes halogenated alkanes) is 2. The second-order valence-electron chi connectivity index (χ2n) is 6.47. The van der Waals surface area contributed by atoms with Crippen LogP contribution in [0, 0.1) is 0 Å². The molecule has 3 rings (SSSR count). The molecule has 0 radical (unpaired) electrons. The number of benzene rings is 2. The van der Waals surface area contributed by atoms with E-state index in [-0.39, 0.29) is 5.91 Å². The number of fused-ring (bicyclic) bond motifs is 1. The molecule has 4 N–H and O–H groups in total. The number of aromatic amines is 1. The number of rotatable bonds is 10. The van der Waals surface area contributed by atoms with Gasteiger partial charge in [-0.3, -0.25) is 10.0 Å². The molecule has 6 heteroatoms. The molecule has 0 aliphatic rings. The second kappa shape index (κ2) is 9.64. The number of nitrogens with one attached hydrogen (secondary N) is 3. The predicted molar refractivity (Wildman–Crippen MR) is 106 cm³/mol. The van der Waals surface area contributed by atoms with Gasteiger partial charge in [-0.2, -0.15) is 0 Å². The SMILES string of the molecule is O=C(CCCCCOc1ccc(NCc2ccc3[nH]ccc3c2)cc1)NO. The van der Waals surface area contributed by atoms with Gasteiger partial charge in [-0.1, -0.05) is 6.07 Å². The summed E-state index contributed by atoms with van der Waals surface area (Å²) in [5.74, 6) is 0.495. The summed E-state index contributed by atoms with van der Waals surface area (Å²) in [6, 6.07) is 16.4. The number of amides is 1. The molecule has 0 aliphatic heterocycles. The van der Waals surface area contributed by atoms with Crippen molar-refractivity contribution in [2.45, 2.75) is 32.2 Å². The Labute approximate surface area is 158 Å². The second-order valence-corrected chi connectivity index (χ2v) is 6.47. The smallest absolute Gasteiger partial charge is 0.243 e. The largest absolute Gasteiger partial charge is 0.494 e. The molecule has 0 spiro atoms. The fourth-order valence-electron chi connectivity index (χ4n) is 2.90. The van der Waals surface area contributed by atoms with Crippen LogP contribution in [0.4, 0.5) is 5.69 Å². The van der Waals surface area contributed by atoms with Gasteiger partial charge in [0.2, 0.25) is 5.91 Å². The van der Waals surface area contributed by atoms with E-state index < -0.39 is 0 Å². The third-order valence-corrected chi connectivity index (χ3v) is 4.41. The maximum atomic E-state index is 10.9. The lowest BCUT2D eigenvalue weighted by Gasteiger charge is -2.09. The van der Waals surface area contributed by atoms with Crippen molar-refractivity contribution in [2.75, 3.05) is 11.9 Å². The first-order valence-electron chi connectivity index (χ1n) is 9.20. The predicted octanol–water partition coefficient (Wildman–Crippen LogP) is 4.22. The third-order valence-electron chi connectivity index (χ3n) is 4.41. The van der Waals surface area contributed by atoms with Gasteiger partial charge in [-0.15, -0.1) is 0 Å². The number of hydrogen-bond donors (Lipinski definition) is 4. The number of anilines is 1. The van der Waals surface area contributed by atoms with E-state index in [1.165, 1.54) is 10.9 Å². The van der Waals surface area contributed by atoms with Crippen LogP contribution < -0.4 is 15.5 Å². The van der Waals surface area contributed by atoms with Crippen LogP contribution >= 0.6 is 0 Å². The van der Waals surface area contributed by atoms with Crippen LogP contribution in [0.25, 0.3) is 10.9 Å². The molecule has 0 aliphatic carbocycles. The molecule has 0 fully saturated rings. The Morgan fingerprint density at radius 3 is 2.70 bits per heavy atom. The van der Waals surface area contributed by atoms with Gasteiger partial charge >= 0.3 is 0 Å². The van der Waals surface area contributed by atoms with Crippen molar-refractivity contribution in [3.05, 3.63) is 60.3 Å². The monoisotopic (exact) mass is 367 g/mol. The molecule has 6 nitrogen and oxygen atoms in total. The molecule has 2 aromatic carbocycles. The number of hydroxylamine groups is 1. The van der Waals surface area contributed by atoms with E-state index in [1.807, 2.05) is 30.5 Å². The van der Waals surface area contributed by atoms with Crippen molar-refractivity contribution in [3.63, 3.8) is 0 Å². The first kappa shape index (κ1) is 18.8. The van der Waals surface area contributed by atoms with Gasteiger partial charge in [-0.25, -0.2) is 5.48 Å². The summed E-state index contributed by atoms with van der Waals surface area (Å²) in [7, 11) is 0. The molecule has 0 saturated heterocycles. The molecule has 1 aromatic heterocycles. The third kappa shape index (κ3) is 5.76. The summed E-state index contributed by atoms with van der Waals surface area (Å²) in [5.41, 5.74) is 5.07. The highest BCUT2D eigenvalue weighted by atomic mass is 16.5. The summed E-state index contributed by atoms with van der Waals surface area (Å²) >= 11 is 0. The lowest BCUT2D eigenvalue weighted by Crippen LogP contribution is -2.17. The Morgan fingerprint density at radius 1 is 1.04 bits per heavy atom. The van der Waals surface area contributed by atoms with Crippen LogP contribution in [0.5, 0.6) is 5.75 Å². The fourth-order valence-corrected chi connectivity index (χ4v) is 2.90. The Kier molecular flexibility index (Phi) is 6.71. The van der Waals surface area contributed by atoms with Gasteiger partial charge in [0, 0.05) is 30.4 Å². The Bertz CT molecular complexity index is 858. The first-order chi connectivity index (χ1) is 13.2. The molecular formula is C21H25N3O3. The van der Waals surface area contributed by atoms with Crippen molar-refractivity contribution in [3.8, 4) is 5.75 Å². The van der Waals surface area contributed by atoms with Crippen LogP contribution in [0.15, 0.2) is 54.7 Å². The van der Waals surface area contributed by atoms with Crippen LogP contribution in [-0.4, -0.2) is 22.7 Å². The first-order valence-corrected chi connectivity index (χ1v) is 9.20. The highest BCUT2D eigenvalue weighted by Crippen LogP contribution is 2.18. The summed E-state index contributed by atoms with van der Waals surface area (Å²) < 4.78 is 5.72. The van der Waals surface area contributed by atoms with Crippen LogP contribution in [0.2, 0.25) is 0 Å². The minimum atomic E-state index is -0.341. The van der Waals surface area contributed by atoms with Gasteiger partial charge in [0.1, 0.15) is 5.75 Å². The molecule has 3 aromatic rings. The zero-order chi connectivity index (χ0) is 18.9. The molecule has 0 unspecified atom stereocenters. The number of carbonyl (C=O) groups is 1. The quantitative estimate of drug-likeness (QED) is 0.245. The van der Waals surface area contributed by atoms with Crippen LogP contribution in [0.3, 0.4) is 0 Å². The van der Waals surface area contributed by atoms with E-state index in [9.17, 15) is 4.79 Å². The van der Waals surface area contributed by atoms with Crippen LogP contribution in [0.1, 0.15) is 31.2 Å². The summed E-state index contributed by atoms with van der Waals surface area (Å²) in [6.45, 7) is 1.38. The topological polar surface area (TPSA) is 86.4 Å². The lowest BCUT2D eigenvalue weighted by molar-refractivity contribution is -0.129. The standard InChI is InChI=1S/C21H25N3O3/c25-21(24-26)4-2-1-3-13-27-19-8-6-18(7-9-19)23-15-16-5-10-20-17(14-16)11-12-22-20/h5-12,14,22-23,26H,1-4,13,15H2,(H,24,25). The van der Waals surface area contributed by atoms with Crippen molar-refractivity contribution in [1.29, 1.82) is 0 Å². The number of ether oxygens (including phenoxy) is 1. The number of H-pyrrole nitrogens is 1. The van der Waals surface area contributed by atoms with Crippen molar-refractivity contribution in [1.82, 2.24) is 10.5 Å². The van der Waals surface area contributed by atoms with E-state index >= 15 is 0 Å². The van der Waals surface area contributed by atoms with E-state index in [2.05, 4.69) is 34.6 Å². The summed E-state index contributed by atoms with van der Waals surface area (Å²) in [4.78, 5) is 14.1. The number of hydrogen-bond acceptors (Lipinski definition) is 4. The fraction of sp³-hybridized carbons (Fsp3) is 0.286. The molecular weight excluding hydrogens is 342 g/mol. The number of aromatic nitrogens is 1. The van der Waals surface area contributed by atoms with E-state index in [0.29, 0.717) is 13.0 Å². The zero-order valence-electron chi connectivity index (χ0n) is 15.2. The van der Waals surface area contributed by atoms with E-state index in [0.717, 1.165) is 42.8 Å². The molecule has 1 heterocycles. The normalized spacial score (nSPS) is 10.7. The molecule has 142 valence electrons. The zero-order valence-corrected chi connectivity index (χ0v) is 15.2. The van der Waals surface area contributed by atoms with Crippen molar-refractivity contribution >= 4 is 22.5 Å². The van der Waals surface area contributed by atoms with Gasteiger partial charge in [0.05, 0.1) is 6.61 Å². The van der Waals surface area contributed by atoms with Crippen molar-refractivity contribution in [2.24, 2.45) is 0 Å². The highest BCUT2D eigenvalue weighted by molar-refractivity contribution is 5.80. The van der Waals surface area contributed by atoms with Gasteiger partial charge in [0.25, 0.3) is 0 Å². The molecule has 0 saturated carbocycles. The molecule has 27 heavy (non-hydrogen) atoms. The molecule has 0 atom stereocenters. The van der Waals surface area contributed by atoms with Gasteiger partial charge in [0.15, 0.2) is 0 Å². The Hall–Kier alpha value is -2.99. The minimum absolute atomic E-state index is 0.341. The highest BCUT2D eigenvalue weighted by Gasteiger charge is 2.00. The Balaban J connectivity index is 1.37. The molecule has 0 bridgehead atoms. The van der Waals surface area contributed by atoms with E-state index in [1.54, 1.807) is 5.48 Å². The maximum absolute atomic E-state index is 10.9. The van der Waals surface area contributed by atoms with Crippen molar-refractivity contribution < 1.29 is 14.7 Å². The Morgan fingerprint density at radius 2 is 1.89 bits per heavy atom. The summed E-state index contributed by atoms with van der Waals surface area (Å²) in [5, 5.41) is 13.1. The van der Waals surface area contributed by atoms with E-state index in [4.69, 9.17) is 9.94 Å². The average Bonchev–Trinajstić information content (AvgIpc) is 3.17. The maximum Gasteiger partial charge on any atom is 0.243 e. The summed E-state index contributed by atoms with van der Waals surface area (Å²) in [6.07, 6.45) is 4.80.